The number of hydrogen-bond donors (Lipinski definition) is 0. The van der Waals surface area contributed by atoms with Crippen molar-refractivity contribution in [2.75, 3.05) is 28.2 Å². The zero-order chi connectivity index (χ0) is 20.6. The van der Waals surface area contributed by atoms with Crippen molar-refractivity contribution >= 4 is 46.4 Å². The zero-order valence-corrected chi connectivity index (χ0v) is 17.4. The van der Waals surface area contributed by atoms with Gasteiger partial charge in [-0.2, -0.15) is 0 Å². The molecule has 0 aliphatic heterocycles. The van der Waals surface area contributed by atoms with Gasteiger partial charge in [-0.25, -0.2) is 0 Å². The summed E-state index contributed by atoms with van der Waals surface area (Å²) in [7, 11) is 6.93. The predicted molar refractivity (Wildman–Crippen MR) is 114 cm³/mol. The Morgan fingerprint density at radius 3 is 1.39 bits per heavy atom. The van der Waals surface area contributed by atoms with Crippen molar-refractivity contribution in [1.29, 1.82) is 0 Å². The van der Waals surface area contributed by atoms with E-state index < -0.39 is 0 Å². The van der Waals surface area contributed by atoms with Gasteiger partial charge in [0.15, 0.2) is 11.6 Å². The van der Waals surface area contributed by atoms with E-state index in [4.69, 9.17) is 33.9 Å². The molecular formula is C20H18N2O4S2. The van der Waals surface area contributed by atoms with Crippen LogP contribution in [0.2, 0.25) is 0 Å². The smallest absolute Gasteiger partial charge is 0.264 e. The Kier molecular flexibility index (Phi) is 5.44. The summed E-state index contributed by atoms with van der Waals surface area (Å²) in [6, 6.07) is 9.71. The highest BCUT2D eigenvalue weighted by Gasteiger charge is 2.35. The summed E-state index contributed by atoms with van der Waals surface area (Å²) in [5.41, 5.74) is 0.861. The van der Waals surface area contributed by atoms with E-state index in [1.165, 1.54) is 0 Å². The second-order valence-electron chi connectivity index (χ2n) is 6.54. The quantitative estimate of drug-likeness (QED) is 0.594. The van der Waals surface area contributed by atoms with Crippen LogP contribution >= 0.6 is 24.4 Å². The highest BCUT2D eigenvalue weighted by Crippen LogP contribution is 2.37. The van der Waals surface area contributed by atoms with Crippen molar-refractivity contribution in [3.8, 4) is 11.5 Å². The van der Waals surface area contributed by atoms with Crippen LogP contribution in [0.25, 0.3) is 0 Å². The van der Waals surface area contributed by atoms with Crippen LogP contribution in [0.5, 0.6) is 11.5 Å². The van der Waals surface area contributed by atoms with E-state index in [0.29, 0.717) is 0 Å². The maximum Gasteiger partial charge on any atom is 0.264 e. The van der Waals surface area contributed by atoms with Gasteiger partial charge in [0.25, 0.3) is 10.3 Å². The topological polar surface area (TPSA) is 59.1 Å². The van der Waals surface area contributed by atoms with E-state index in [9.17, 15) is 9.59 Å². The van der Waals surface area contributed by atoms with E-state index >= 15 is 0 Å². The van der Waals surface area contributed by atoms with E-state index in [1.807, 2.05) is 0 Å². The SMILES string of the molecule is CN(C)C(=S)Oc1cccc2c1C(=O)c1cccc(OC(=S)N(C)C)c1C2=O. The molecule has 2 aromatic carbocycles. The normalized spacial score (nSPS) is 12.0. The van der Waals surface area contributed by atoms with E-state index in [0.717, 1.165) is 0 Å². The van der Waals surface area contributed by atoms with Gasteiger partial charge in [-0.1, -0.05) is 24.3 Å². The molecule has 28 heavy (non-hydrogen) atoms. The molecule has 0 aromatic heterocycles. The summed E-state index contributed by atoms with van der Waals surface area (Å²) < 4.78 is 11.3. The molecule has 1 aliphatic rings. The number of rotatable bonds is 2. The number of nitrogens with zero attached hydrogens (tertiary/aromatic N) is 2. The number of carbonyl (C=O) groups is 2. The molecule has 0 atom stereocenters. The van der Waals surface area contributed by atoms with Crippen LogP contribution in [0, 0.1) is 0 Å². The average Bonchev–Trinajstić information content (AvgIpc) is 2.65. The van der Waals surface area contributed by atoms with Crippen LogP contribution in [-0.2, 0) is 0 Å². The maximum absolute atomic E-state index is 13.2. The molecule has 0 amide bonds. The Labute approximate surface area is 173 Å². The fourth-order valence-electron chi connectivity index (χ4n) is 2.72. The minimum atomic E-state index is -0.331. The van der Waals surface area contributed by atoms with Crippen molar-refractivity contribution in [3.63, 3.8) is 0 Å². The van der Waals surface area contributed by atoms with Gasteiger partial charge in [0.2, 0.25) is 0 Å². The van der Waals surface area contributed by atoms with Gasteiger partial charge >= 0.3 is 0 Å². The molecule has 0 radical (unpaired) electrons. The van der Waals surface area contributed by atoms with Crippen LogP contribution in [0.1, 0.15) is 31.8 Å². The average molecular weight is 415 g/mol. The van der Waals surface area contributed by atoms with E-state index in [1.54, 1.807) is 74.4 Å². The summed E-state index contributed by atoms with van der Waals surface area (Å²) in [6.07, 6.45) is 0. The van der Waals surface area contributed by atoms with Crippen molar-refractivity contribution in [3.05, 3.63) is 58.7 Å². The fraction of sp³-hybridized carbons (Fsp3) is 0.200. The Bertz CT molecular complexity index is 934. The Hall–Kier alpha value is -2.84. The monoisotopic (exact) mass is 414 g/mol. The molecule has 0 saturated carbocycles. The number of ether oxygens (including phenoxy) is 2. The minimum Gasteiger partial charge on any atom is -0.431 e. The zero-order valence-electron chi connectivity index (χ0n) is 15.8. The van der Waals surface area contributed by atoms with Gasteiger partial charge in [-0.15, -0.1) is 0 Å². The van der Waals surface area contributed by atoms with Crippen LogP contribution in [0.15, 0.2) is 36.4 Å². The molecule has 0 unspecified atom stereocenters. The first-order chi connectivity index (χ1) is 13.2. The van der Waals surface area contributed by atoms with Gasteiger partial charge in [0, 0.05) is 39.3 Å². The largest absolute Gasteiger partial charge is 0.431 e. The Morgan fingerprint density at radius 1 is 0.714 bits per heavy atom. The second-order valence-corrected chi connectivity index (χ2v) is 7.24. The summed E-state index contributed by atoms with van der Waals surface area (Å²) in [6.45, 7) is 0. The lowest BCUT2D eigenvalue weighted by atomic mass is 9.83. The third-order valence-corrected chi connectivity index (χ3v) is 5.02. The molecule has 0 N–H and O–H groups in total. The molecule has 8 heteroatoms. The molecule has 0 spiro atoms. The van der Waals surface area contributed by atoms with E-state index in [2.05, 4.69) is 0 Å². The first-order valence-corrected chi connectivity index (χ1v) is 9.17. The summed E-state index contributed by atoms with van der Waals surface area (Å²) in [5, 5.41) is 0.376. The van der Waals surface area contributed by atoms with Gasteiger partial charge in [-0.3, -0.25) is 9.59 Å². The predicted octanol–water partition coefficient (Wildman–Crippen LogP) is 2.91. The fourth-order valence-corrected chi connectivity index (χ4v) is 2.90. The molecule has 2 aromatic rings. The number of fused-ring (bicyclic) bond motifs is 2. The van der Waals surface area contributed by atoms with Crippen molar-refractivity contribution in [2.24, 2.45) is 0 Å². The molecule has 144 valence electrons. The summed E-state index contributed by atoms with van der Waals surface area (Å²) >= 11 is 10.3. The first-order valence-electron chi connectivity index (χ1n) is 8.36. The van der Waals surface area contributed by atoms with Crippen molar-refractivity contribution < 1.29 is 19.1 Å². The summed E-state index contributed by atoms with van der Waals surface area (Å²) in [5.74, 6) is -0.170. The number of benzene rings is 2. The molecule has 6 nitrogen and oxygen atoms in total. The lowest BCUT2D eigenvalue weighted by Gasteiger charge is -2.23. The number of carbonyl (C=O) groups excluding carboxylic acids is 2. The lowest BCUT2D eigenvalue weighted by Crippen LogP contribution is -2.29. The molecule has 1 aliphatic carbocycles. The Morgan fingerprint density at radius 2 is 1.07 bits per heavy atom. The third kappa shape index (κ3) is 3.48. The first kappa shape index (κ1) is 19.9. The molecule has 0 saturated heterocycles. The van der Waals surface area contributed by atoms with Gasteiger partial charge in [0.1, 0.15) is 11.5 Å². The molecular weight excluding hydrogens is 396 g/mol. The molecule has 0 heterocycles. The van der Waals surface area contributed by atoms with Crippen molar-refractivity contribution in [1.82, 2.24) is 9.80 Å². The number of ketones is 2. The second kappa shape index (κ2) is 7.65. The summed E-state index contributed by atoms with van der Waals surface area (Å²) in [4.78, 5) is 29.6. The van der Waals surface area contributed by atoms with Crippen molar-refractivity contribution in [2.45, 2.75) is 0 Å². The third-order valence-electron chi connectivity index (χ3n) is 4.12. The van der Waals surface area contributed by atoms with Crippen LogP contribution in [-0.4, -0.2) is 59.9 Å². The lowest BCUT2D eigenvalue weighted by molar-refractivity contribution is 0.0975. The minimum absolute atomic E-state index is 0.188. The molecule has 0 fully saturated rings. The van der Waals surface area contributed by atoms with Crippen LogP contribution in [0.4, 0.5) is 0 Å². The van der Waals surface area contributed by atoms with Gasteiger partial charge in [-0.05, 0) is 36.6 Å². The highest BCUT2D eigenvalue weighted by molar-refractivity contribution is 7.80. The van der Waals surface area contributed by atoms with Crippen LogP contribution in [0.3, 0.4) is 0 Å². The molecule has 0 bridgehead atoms. The molecule has 3 rings (SSSR count). The highest BCUT2D eigenvalue weighted by atomic mass is 32.1. The number of thiocarbonyl (C=S) groups is 2. The Balaban J connectivity index is 2.11. The van der Waals surface area contributed by atoms with Gasteiger partial charge in [0.05, 0.1) is 11.1 Å². The van der Waals surface area contributed by atoms with Gasteiger partial charge < -0.3 is 19.3 Å². The van der Waals surface area contributed by atoms with E-state index in [-0.39, 0.29) is 55.7 Å². The number of hydrogen-bond acceptors (Lipinski definition) is 6. The maximum atomic E-state index is 13.2. The van der Waals surface area contributed by atoms with Crippen LogP contribution < -0.4 is 9.47 Å². The standard InChI is InChI=1S/C20H18N2O4S2/c1-21(2)19(27)25-13-9-5-7-11-15(13)17(23)12-8-6-10-14(16(12)18(11)24)26-20(28)22(3)4/h5-10H,1-4H3.